The Morgan fingerprint density at radius 1 is 1.08 bits per heavy atom. The highest BCUT2D eigenvalue weighted by Crippen LogP contribution is 2.19. The molecule has 0 spiro atoms. The summed E-state index contributed by atoms with van der Waals surface area (Å²) in [5.41, 5.74) is 1.34. The van der Waals surface area contributed by atoms with Gasteiger partial charge in [0, 0.05) is 18.3 Å². The van der Waals surface area contributed by atoms with Crippen LogP contribution in [-0.2, 0) is 0 Å². The third-order valence-corrected chi connectivity index (χ3v) is 3.42. The van der Waals surface area contributed by atoms with Crippen LogP contribution in [0.25, 0.3) is 11.2 Å². The van der Waals surface area contributed by atoms with Gasteiger partial charge in [0.05, 0.1) is 6.20 Å². The Morgan fingerprint density at radius 3 is 2.64 bits per heavy atom. The average Bonchev–Trinajstić information content (AvgIpc) is 2.58. The Labute approximate surface area is 147 Å². The highest BCUT2D eigenvalue weighted by atomic mass is 32.1. The number of fused-ring (bicyclic) bond motifs is 1. The molecule has 0 aliphatic carbocycles. The molecule has 3 N–H and O–H groups in total. The van der Waals surface area contributed by atoms with E-state index >= 15 is 0 Å². The molecule has 0 aliphatic heterocycles. The Kier molecular flexibility index (Phi) is 4.94. The Balaban J connectivity index is 1.84. The van der Waals surface area contributed by atoms with Crippen molar-refractivity contribution in [3.05, 3.63) is 48.2 Å². The maximum atomic E-state index is 13.3. The summed E-state index contributed by atoms with van der Waals surface area (Å²) in [4.78, 5) is 12.9. The third-order valence-electron chi connectivity index (χ3n) is 3.18. The maximum absolute atomic E-state index is 13.3. The van der Waals surface area contributed by atoms with E-state index in [1.165, 1.54) is 12.3 Å². The second-order valence-electron chi connectivity index (χ2n) is 5.03. The molecule has 0 atom stereocenters. The van der Waals surface area contributed by atoms with Gasteiger partial charge in [-0.3, -0.25) is 0 Å². The second-order valence-corrected chi connectivity index (χ2v) is 5.44. The standard InChI is InChI=1S/C16H14F2N6S/c1-2-19-16(25)24-13-6-5-12-15(22-13)23-14(8-20-12)21-9-3-4-10(17)11(18)7-9/h3-8H,2H2,1H3,(H3,19,21,22,23,24,25). The molecule has 0 aliphatic rings. The highest BCUT2D eigenvalue weighted by molar-refractivity contribution is 7.80. The van der Waals surface area contributed by atoms with Gasteiger partial charge in [-0.15, -0.1) is 0 Å². The van der Waals surface area contributed by atoms with E-state index in [0.717, 1.165) is 12.1 Å². The zero-order valence-corrected chi connectivity index (χ0v) is 14.0. The van der Waals surface area contributed by atoms with Crippen LogP contribution >= 0.6 is 12.2 Å². The van der Waals surface area contributed by atoms with Crippen LogP contribution in [0, 0.1) is 11.6 Å². The van der Waals surface area contributed by atoms with Crippen molar-refractivity contribution >= 4 is 45.8 Å². The zero-order valence-electron chi connectivity index (χ0n) is 13.2. The molecule has 0 amide bonds. The van der Waals surface area contributed by atoms with Gasteiger partial charge < -0.3 is 16.0 Å². The number of pyridine rings is 1. The fourth-order valence-corrected chi connectivity index (χ4v) is 2.32. The molecule has 128 valence electrons. The predicted molar refractivity (Wildman–Crippen MR) is 96.9 cm³/mol. The number of thiocarbonyl (C=S) groups is 1. The van der Waals surface area contributed by atoms with E-state index in [0.29, 0.717) is 40.1 Å². The largest absolute Gasteiger partial charge is 0.363 e. The van der Waals surface area contributed by atoms with Crippen molar-refractivity contribution in [2.75, 3.05) is 17.2 Å². The molecule has 0 radical (unpaired) electrons. The first-order chi connectivity index (χ1) is 12.0. The third kappa shape index (κ3) is 4.13. The van der Waals surface area contributed by atoms with Crippen molar-refractivity contribution in [1.29, 1.82) is 0 Å². The van der Waals surface area contributed by atoms with Gasteiger partial charge in [-0.05, 0) is 43.4 Å². The number of benzene rings is 1. The lowest BCUT2D eigenvalue weighted by Gasteiger charge is -2.09. The number of halogens is 2. The molecule has 1 aromatic carbocycles. The molecule has 3 rings (SSSR count). The number of anilines is 3. The number of nitrogens with one attached hydrogen (secondary N) is 3. The summed E-state index contributed by atoms with van der Waals surface area (Å²) in [5.74, 6) is -0.973. The van der Waals surface area contributed by atoms with E-state index in [9.17, 15) is 8.78 Å². The molecule has 2 heterocycles. The smallest absolute Gasteiger partial charge is 0.182 e. The fourth-order valence-electron chi connectivity index (χ4n) is 2.07. The van der Waals surface area contributed by atoms with E-state index < -0.39 is 11.6 Å². The molecular formula is C16H14F2N6S. The van der Waals surface area contributed by atoms with Gasteiger partial charge in [0.2, 0.25) is 0 Å². The van der Waals surface area contributed by atoms with Gasteiger partial charge in [-0.2, -0.15) is 0 Å². The first kappa shape index (κ1) is 16.9. The normalized spacial score (nSPS) is 10.5. The minimum Gasteiger partial charge on any atom is -0.363 e. The molecule has 3 aromatic rings. The van der Waals surface area contributed by atoms with Crippen molar-refractivity contribution in [2.24, 2.45) is 0 Å². The lowest BCUT2D eigenvalue weighted by molar-refractivity contribution is 0.509. The summed E-state index contributed by atoms with van der Waals surface area (Å²) in [5, 5.41) is 9.23. The molecule has 9 heteroatoms. The summed E-state index contributed by atoms with van der Waals surface area (Å²) in [7, 11) is 0. The highest BCUT2D eigenvalue weighted by Gasteiger charge is 2.06. The van der Waals surface area contributed by atoms with Crippen LogP contribution < -0.4 is 16.0 Å². The lowest BCUT2D eigenvalue weighted by Crippen LogP contribution is -2.28. The number of rotatable bonds is 4. The molecule has 25 heavy (non-hydrogen) atoms. The summed E-state index contributed by atoms with van der Waals surface area (Å²) in [6.07, 6.45) is 1.49. The quantitative estimate of drug-likeness (QED) is 0.616. The summed E-state index contributed by atoms with van der Waals surface area (Å²) in [6.45, 7) is 2.63. The summed E-state index contributed by atoms with van der Waals surface area (Å²) in [6, 6.07) is 6.98. The minimum atomic E-state index is -0.944. The van der Waals surface area contributed by atoms with Crippen LogP contribution in [0.3, 0.4) is 0 Å². The predicted octanol–water partition coefficient (Wildman–Crippen LogP) is 3.35. The maximum Gasteiger partial charge on any atom is 0.182 e. The van der Waals surface area contributed by atoms with E-state index in [4.69, 9.17) is 12.2 Å². The molecule has 0 saturated carbocycles. The Hall–Kier alpha value is -2.94. The molecule has 0 fully saturated rings. The van der Waals surface area contributed by atoms with Crippen molar-refractivity contribution < 1.29 is 8.78 Å². The molecular weight excluding hydrogens is 346 g/mol. The van der Waals surface area contributed by atoms with Crippen molar-refractivity contribution in [1.82, 2.24) is 20.3 Å². The number of nitrogens with zero attached hydrogens (tertiary/aromatic N) is 3. The molecule has 0 saturated heterocycles. The average molecular weight is 360 g/mol. The first-order valence-electron chi connectivity index (χ1n) is 7.46. The van der Waals surface area contributed by atoms with Crippen LogP contribution in [0.5, 0.6) is 0 Å². The summed E-state index contributed by atoms with van der Waals surface area (Å²) >= 11 is 5.12. The van der Waals surface area contributed by atoms with Crippen LogP contribution in [0.1, 0.15) is 6.92 Å². The van der Waals surface area contributed by atoms with E-state index in [1.807, 2.05) is 6.92 Å². The first-order valence-corrected chi connectivity index (χ1v) is 7.86. The van der Waals surface area contributed by atoms with Gasteiger partial charge in [-0.25, -0.2) is 23.7 Å². The molecule has 6 nitrogen and oxygen atoms in total. The van der Waals surface area contributed by atoms with E-state index in [-0.39, 0.29) is 0 Å². The van der Waals surface area contributed by atoms with Crippen LogP contribution in [-0.4, -0.2) is 26.6 Å². The number of hydrogen-bond acceptors (Lipinski definition) is 5. The van der Waals surface area contributed by atoms with Crippen molar-refractivity contribution in [3.8, 4) is 0 Å². The van der Waals surface area contributed by atoms with Crippen LogP contribution in [0.15, 0.2) is 36.5 Å². The number of aromatic nitrogens is 3. The molecule has 2 aromatic heterocycles. The van der Waals surface area contributed by atoms with Gasteiger partial charge in [0.15, 0.2) is 28.2 Å². The van der Waals surface area contributed by atoms with Gasteiger partial charge >= 0.3 is 0 Å². The van der Waals surface area contributed by atoms with Crippen LogP contribution in [0.4, 0.5) is 26.1 Å². The van der Waals surface area contributed by atoms with E-state index in [1.54, 1.807) is 12.1 Å². The second kappa shape index (κ2) is 7.31. The van der Waals surface area contributed by atoms with Crippen molar-refractivity contribution in [2.45, 2.75) is 6.92 Å². The summed E-state index contributed by atoms with van der Waals surface area (Å²) < 4.78 is 26.3. The number of hydrogen-bond donors (Lipinski definition) is 3. The van der Waals surface area contributed by atoms with Gasteiger partial charge in [0.25, 0.3) is 0 Å². The topological polar surface area (TPSA) is 74.8 Å². The fraction of sp³-hybridized carbons (Fsp3) is 0.125. The van der Waals surface area contributed by atoms with Gasteiger partial charge in [-0.1, -0.05) is 0 Å². The lowest BCUT2D eigenvalue weighted by atomic mass is 10.3. The Morgan fingerprint density at radius 2 is 1.88 bits per heavy atom. The SMILES string of the molecule is CCNC(=S)Nc1ccc2ncc(Nc3ccc(F)c(F)c3)nc2n1. The minimum absolute atomic E-state index is 0.357. The molecule has 0 unspecified atom stereocenters. The van der Waals surface area contributed by atoms with E-state index in [2.05, 4.69) is 30.9 Å². The molecule has 0 bridgehead atoms. The monoisotopic (exact) mass is 360 g/mol. The van der Waals surface area contributed by atoms with Crippen LogP contribution in [0.2, 0.25) is 0 Å². The van der Waals surface area contributed by atoms with Gasteiger partial charge in [0.1, 0.15) is 11.3 Å². The zero-order chi connectivity index (χ0) is 17.8. The van der Waals surface area contributed by atoms with Crippen molar-refractivity contribution in [3.63, 3.8) is 0 Å². The Bertz CT molecular complexity index is 934.